The molecule has 29 heavy (non-hydrogen) atoms. The summed E-state index contributed by atoms with van der Waals surface area (Å²) < 4.78 is 6.71. The standard InChI is InChI=1S/C23H25N3O3/c1-4-29-20-11-7-18(8-12-20)21-13-23(28)26(15-24-21)14-22(27)25-19-9-5-17(6-10-19)16(2)3/h5-13,15-16H,4,14H2,1-3H3,(H,25,27). The van der Waals surface area contributed by atoms with Crippen molar-refractivity contribution in [3.05, 3.63) is 76.8 Å². The number of aromatic nitrogens is 2. The Morgan fingerprint density at radius 2 is 1.79 bits per heavy atom. The topological polar surface area (TPSA) is 73.2 Å². The second-order valence-electron chi connectivity index (χ2n) is 7.02. The second-order valence-corrected chi connectivity index (χ2v) is 7.02. The molecule has 0 unspecified atom stereocenters. The number of nitrogens with zero attached hydrogens (tertiary/aromatic N) is 2. The van der Waals surface area contributed by atoms with E-state index in [0.29, 0.717) is 23.9 Å². The normalized spacial score (nSPS) is 10.8. The Labute approximate surface area is 170 Å². The molecule has 0 atom stereocenters. The van der Waals surface area contributed by atoms with Crippen molar-refractivity contribution < 1.29 is 9.53 Å². The zero-order chi connectivity index (χ0) is 20.8. The summed E-state index contributed by atoms with van der Waals surface area (Å²) in [7, 11) is 0. The molecule has 1 amide bonds. The Morgan fingerprint density at radius 1 is 1.10 bits per heavy atom. The van der Waals surface area contributed by atoms with Crippen LogP contribution in [0.2, 0.25) is 0 Å². The van der Waals surface area contributed by atoms with Gasteiger partial charge in [0.2, 0.25) is 5.91 Å². The van der Waals surface area contributed by atoms with Crippen molar-refractivity contribution in [3.8, 4) is 17.0 Å². The van der Waals surface area contributed by atoms with E-state index in [4.69, 9.17) is 4.74 Å². The van der Waals surface area contributed by atoms with Crippen LogP contribution in [0.1, 0.15) is 32.3 Å². The van der Waals surface area contributed by atoms with Gasteiger partial charge in [-0.05, 0) is 54.8 Å². The lowest BCUT2D eigenvalue weighted by atomic mass is 10.0. The van der Waals surface area contributed by atoms with Crippen molar-refractivity contribution in [1.82, 2.24) is 9.55 Å². The first kappa shape index (κ1) is 20.3. The Morgan fingerprint density at radius 3 is 2.38 bits per heavy atom. The molecule has 0 saturated heterocycles. The highest BCUT2D eigenvalue weighted by atomic mass is 16.5. The van der Waals surface area contributed by atoms with Gasteiger partial charge < -0.3 is 10.1 Å². The fourth-order valence-electron chi connectivity index (χ4n) is 2.90. The Hall–Kier alpha value is -3.41. The van der Waals surface area contributed by atoms with Gasteiger partial charge in [-0.2, -0.15) is 0 Å². The van der Waals surface area contributed by atoms with Crippen molar-refractivity contribution in [1.29, 1.82) is 0 Å². The minimum Gasteiger partial charge on any atom is -0.494 e. The molecule has 0 fully saturated rings. The minimum absolute atomic E-state index is 0.0959. The summed E-state index contributed by atoms with van der Waals surface area (Å²) >= 11 is 0. The summed E-state index contributed by atoms with van der Waals surface area (Å²) in [6.07, 6.45) is 1.40. The number of hydrogen-bond acceptors (Lipinski definition) is 4. The molecular formula is C23H25N3O3. The average molecular weight is 391 g/mol. The van der Waals surface area contributed by atoms with Gasteiger partial charge in [-0.1, -0.05) is 26.0 Å². The van der Waals surface area contributed by atoms with Gasteiger partial charge in [0.15, 0.2) is 0 Å². The third-order valence-electron chi connectivity index (χ3n) is 4.52. The van der Waals surface area contributed by atoms with Crippen LogP contribution in [-0.4, -0.2) is 22.1 Å². The van der Waals surface area contributed by atoms with E-state index in [2.05, 4.69) is 24.1 Å². The zero-order valence-electron chi connectivity index (χ0n) is 16.9. The molecule has 2 aromatic carbocycles. The van der Waals surface area contributed by atoms with E-state index in [-0.39, 0.29) is 18.0 Å². The van der Waals surface area contributed by atoms with Gasteiger partial charge in [0.05, 0.1) is 18.6 Å². The lowest BCUT2D eigenvalue weighted by molar-refractivity contribution is -0.116. The van der Waals surface area contributed by atoms with Crippen molar-refractivity contribution in [3.63, 3.8) is 0 Å². The van der Waals surface area contributed by atoms with E-state index in [1.807, 2.05) is 55.5 Å². The minimum atomic E-state index is -0.283. The molecule has 0 aliphatic heterocycles. The molecular weight excluding hydrogens is 366 g/mol. The van der Waals surface area contributed by atoms with Crippen LogP contribution in [0.4, 0.5) is 5.69 Å². The number of amides is 1. The van der Waals surface area contributed by atoms with Crippen LogP contribution in [0.3, 0.4) is 0 Å². The molecule has 0 aliphatic rings. The number of carbonyl (C=O) groups is 1. The Bertz CT molecular complexity index is 1020. The van der Waals surface area contributed by atoms with Crippen LogP contribution >= 0.6 is 0 Å². The van der Waals surface area contributed by atoms with Gasteiger partial charge in [0.25, 0.3) is 5.56 Å². The predicted molar refractivity (Wildman–Crippen MR) is 114 cm³/mol. The smallest absolute Gasteiger partial charge is 0.254 e. The second kappa shape index (κ2) is 9.19. The molecule has 3 rings (SSSR count). The lowest BCUT2D eigenvalue weighted by Crippen LogP contribution is -2.27. The highest BCUT2D eigenvalue weighted by molar-refractivity contribution is 5.90. The summed E-state index contributed by atoms with van der Waals surface area (Å²) in [4.78, 5) is 29.0. The molecule has 0 aliphatic carbocycles. The van der Waals surface area contributed by atoms with Crippen LogP contribution in [-0.2, 0) is 11.3 Å². The van der Waals surface area contributed by atoms with E-state index < -0.39 is 0 Å². The van der Waals surface area contributed by atoms with Crippen LogP contribution < -0.4 is 15.6 Å². The number of anilines is 1. The lowest BCUT2D eigenvalue weighted by Gasteiger charge is -2.10. The maximum absolute atomic E-state index is 12.4. The summed E-state index contributed by atoms with van der Waals surface area (Å²) in [6, 6.07) is 16.5. The van der Waals surface area contributed by atoms with Gasteiger partial charge in [-0.25, -0.2) is 4.98 Å². The molecule has 1 aromatic heterocycles. The van der Waals surface area contributed by atoms with Crippen LogP contribution in [0.5, 0.6) is 5.75 Å². The summed E-state index contributed by atoms with van der Waals surface area (Å²) in [5, 5.41) is 2.81. The van der Waals surface area contributed by atoms with Crippen LogP contribution in [0.15, 0.2) is 65.7 Å². The summed E-state index contributed by atoms with van der Waals surface area (Å²) in [5.41, 5.74) is 2.99. The average Bonchev–Trinajstić information content (AvgIpc) is 2.71. The van der Waals surface area contributed by atoms with Crippen molar-refractivity contribution in [2.24, 2.45) is 0 Å². The number of hydrogen-bond donors (Lipinski definition) is 1. The SMILES string of the molecule is CCOc1ccc(-c2cc(=O)n(CC(=O)Nc3ccc(C(C)C)cc3)cn2)cc1. The number of nitrogens with one attached hydrogen (secondary N) is 1. The maximum Gasteiger partial charge on any atom is 0.254 e. The predicted octanol–water partition coefficient (Wildman–Crippen LogP) is 4.07. The quantitative estimate of drug-likeness (QED) is 0.659. The van der Waals surface area contributed by atoms with Gasteiger partial charge in [-0.15, -0.1) is 0 Å². The number of benzene rings is 2. The molecule has 0 bridgehead atoms. The first-order valence-corrected chi connectivity index (χ1v) is 9.66. The molecule has 0 spiro atoms. The Balaban J connectivity index is 1.66. The summed E-state index contributed by atoms with van der Waals surface area (Å²) in [5.74, 6) is 0.918. The van der Waals surface area contributed by atoms with Crippen molar-refractivity contribution in [2.45, 2.75) is 33.2 Å². The van der Waals surface area contributed by atoms with Crippen LogP contribution in [0, 0.1) is 0 Å². The molecule has 6 nitrogen and oxygen atoms in total. The number of ether oxygens (including phenoxy) is 1. The molecule has 150 valence electrons. The van der Waals surface area contributed by atoms with Crippen LogP contribution in [0.25, 0.3) is 11.3 Å². The van der Waals surface area contributed by atoms with E-state index >= 15 is 0 Å². The van der Waals surface area contributed by atoms with Gasteiger partial charge >= 0.3 is 0 Å². The largest absolute Gasteiger partial charge is 0.494 e. The van der Waals surface area contributed by atoms with E-state index in [1.54, 1.807) is 0 Å². The number of rotatable bonds is 7. The van der Waals surface area contributed by atoms with Gasteiger partial charge in [0, 0.05) is 17.3 Å². The zero-order valence-corrected chi connectivity index (χ0v) is 16.9. The first-order chi connectivity index (χ1) is 14.0. The first-order valence-electron chi connectivity index (χ1n) is 9.66. The fraction of sp³-hybridized carbons (Fsp3) is 0.261. The maximum atomic E-state index is 12.4. The molecule has 1 N–H and O–H groups in total. The summed E-state index contributed by atoms with van der Waals surface area (Å²) in [6.45, 7) is 6.65. The molecule has 0 radical (unpaired) electrons. The van der Waals surface area contributed by atoms with Crippen molar-refractivity contribution in [2.75, 3.05) is 11.9 Å². The van der Waals surface area contributed by atoms with Gasteiger partial charge in [-0.3, -0.25) is 14.2 Å². The van der Waals surface area contributed by atoms with Crippen molar-refractivity contribution >= 4 is 11.6 Å². The molecule has 0 saturated carbocycles. The third-order valence-corrected chi connectivity index (χ3v) is 4.52. The Kier molecular flexibility index (Phi) is 6.44. The third kappa shape index (κ3) is 5.31. The number of carbonyl (C=O) groups excluding carboxylic acids is 1. The van der Waals surface area contributed by atoms with E-state index in [9.17, 15) is 9.59 Å². The van der Waals surface area contributed by atoms with E-state index in [0.717, 1.165) is 11.3 Å². The van der Waals surface area contributed by atoms with Gasteiger partial charge in [0.1, 0.15) is 12.3 Å². The highest BCUT2D eigenvalue weighted by Gasteiger charge is 2.08. The van der Waals surface area contributed by atoms with E-state index in [1.165, 1.54) is 22.5 Å². The molecule has 6 heteroatoms. The highest BCUT2D eigenvalue weighted by Crippen LogP contribution is 2.20. The molecule has 1 heterocycles. The monoisotopic (exact) mass is 391 g/mol. The fourth-order valence-corrected chi connectivity index (χ4v) is 2.90. The molecule has 3 aromatic rings.